The van der Waals surface area contributed by atoms with E-state index in [9.17, 15) is 0 Å². The van der Waals surface area contributed by atoms with Gasteiger partial charge < -0.3 is 0 Å². The SMILES string of the molecule is c1ccc2c(-c3ccc(-c4cccc5c(-c6ccc(-c7cccc8ccccc78)cc6)cccc45)cc3)cccc2c1. The third kappa shape index (κ3) is 4.17. The predicted octanol–water partition coefficient (Wildman–Crippen LogP) is 11.8. The summed E-state index contributed by atoms with van der Waals surface area (Å²) < 4.78 is 0. The Bertz CT molecular complexity index is 2050. The quantitative estimate of drug-likeness (QED) is 0.211. The minimum atomic E-state index is 1.23. The van der Waals surface area contributed by atoms with Crippen molar-refractivity contribution in [2.45, 2.75) is 0 Å². The first-order chi connectivity index (χ1) is 20.8. The van der Waals surface area contributed by atoms with Crippen molar-refractivity contribution in [3.05, 3.63) is 170 Å². The van der Waals surface area contributed by atoms with E-state index in [1.165, 1.54) is 76.8 Å². The summed E-state index contributed by atoms with van der Waals surface area (Å²) in [5.74, 6) is 0. The zero-order valence-electron chi connectivity index (χ0n) is 23.2. The van der Waals surface area contributed by atoms with Crippen LogP contribution in [0.5, 0.6) is 0 Å². The molecule has 0 fully saturated rings. The van der Waals surface area contributed by atoms with Crippen LogP contribution in [0.2, 0.25) is 0 Å². The summed E-state index contributed by atoms with van der Waals surface area (Å²) in [4.78, 5) is 0. The molecule has 196 valence electrons. The molecule has 42 heavy (non-hydrogen) atoms. The van der Waals surface area contributed by atoms with Crippen LogP contribution in [-0.4, -0.2) is 0 Å². The molecular weight excluding hydrogens is 504 g/mol. The van der Waals surface area contributed by atoms with Crippen molar-refractivity contribution in [2.24, 2.45) is 0 Å². The van der Waals surface area contributed by atoms with Crippen molar-refractivity contribution in [3.63, 3.8) is 0 Å². The van der Waals surface area contributed by atoms with Crippen LogP contribution < -0.4 is 0 Å². The van der Waals surface area contributed by atoms with E-state index in [-0.39, 0.29) is 0 Å². The zero-order chi connectivity index (χ0) is 27.9. The maximum absolute atomic E-state index is 2.26. The molecule has 0 saturated heterocycles. The second-order valence-corrected chi connectivity index (χ2v) is 10.9. The van der Waals surface area contributed by atoms with Gasteiger partial charge in [-0.3, -0.25) is 0 Å². The Morgan fingerprint density at radius 1 is 0.190 bits per heavy atom. The van der Waals surface area contributed by atoms with E-state index in [0.29, 0.717) is 0 Å². The molecule has 0 aliphatic heterocycles. The van der Waals surface area contributed by atoms with E-state index in [1.54, 1.807) is 0 Å². The Kier molecular flexibility index (Phi) is 5.90. The molecule has 0 heteroatoms. The van der Waals surface area contributed by atoms with Gasteiger partial charge in [0.1, 0.15) is 0 Å². The van der Waals surface area contributed by atoms with Crippen molar-refractivity contribution < 1.29 is 0 Å². The molecule has 0 amide bonds. The fourth-order valence-electron chi connectivity index (χ4n) is 6.43. The van der Waals surface area contributed by atoms with Gasteiger partial charge in [0.2, 0.25) is 0 Å². The van der Waals surface area contributed by atoms with Gasteiger partial charge in [-0.25, -0.2) is 0 Å². The number of fused-ring (bicyclic) bond motifs is 3. The molecule has 0 spiro atoms. The van der Waals surface area contributed by atoms with E-state index in [1.807, 2.05) is 0 Å². The minimum absolute atomic E-state index is 1.23. The summed E-state index contributed by atoms with van der Waals surface area (Å²) >= 11 is 0. The normalized spacial score (nSPS) is 11.3. The predicted molar refractivity (Wildman–Crippen MR) is 181 cm³/mol. The Balaban J connectivity index is 1.17. The Labute approximate surface area is 246 Å². The summed E-state index contributed by atoms with van der Waals surface area (Å²) in [5, 5.41) is 7.65. The molecule has 0 aliphatic carbocycles. The molecular formula is C42H28. The molecule has 0 bridgehead atoms. The van der Waals surface area contributed by atoms with E-state index in [4.69, 9.17) is 0 Å². The molecule has 0 atom stereocenters. The third-order valence-electron chi connectivity index (χ3n) is 8.52. The summed E-state index contributed by atoms with van der Waals surface area (Å²) in [6.07, 6.45) is 0. The highest BCUT2D eigenvalue weighted by molar-refractivity contribution is 6.05. The van der Waals surface area contributed by atoms with Gasteiger partial charge in [0.15, 0.2) is 0 Å². The lowest BCUT2D eigenvalue weighted by molar-refractivity contribution is 1.61. The molecule has 0 saturated carbocycles. The van der Waals surface area contributed by atoms with Gasteiger partial charge in [-0.1, -0.05) is 170 Å². The fourth-order valence-corrected chi connectivity index (χ4v) is 6.43. The highest BCUT2D eigenvalue weighted by Gasteiger charge is 2.11. The van der Waals surface area contributed by atoms with Crippen molar-refractivity contribution in [2.75, 3.05) is 0 Å². The van der Waals surface area contributed by atoms with Crippen molar-refractivity contribution >= 4 is 32.3 Å². The standard InChI is InChI=1S/C42H28/c1-3-13-35-29(9-1)11-5-15-37(35)31-21-25-33(26-22-31)39-17-7-20-42-40(18-8-19-41(39)42)34-27-23-32(24-28-34)38-16-6-12-30-10-2-4-14-36(30)38/h1-28H. The minimum Gasteiger partial charge on any atom is -0.0616 e. The van der Waals surface area contributed by atoms with Crippen molar-refractivity contribution in [1.29, 1.82) is 0 Å². The molecule has 0 heterocycles. The van der Waals surface area contributed by atoms with Crippen LogP contribution in [0.25, 0.3) is 76.8 Å². The topological polar surface area (TPSA) is 0 Å². The number of benzene rings is 8. The second-order valence-electron chi connectivity index (χ2n) is 10.9. The highest BCUT2D eigenvalue weighted by Crippen LogP contribution is 2.37. The third-order valence-corrected chi connectivity index (χ3v) is 8.52. The lowest BCUT2D eigenvalue weighted by atomic mass is 9.91. The van der Waals surface area contributed by atoms with Crippen LogP contribution in [0.4, 0.5) is 0 Å². The van der Waals surface area contributed by atoms with Crippen LogP contribution in [0, 0.1) is 0 Å². The van der Waals surface area contributed by atoms with E-state index < -0.39 is 0 Å². The Morgan fingerprint density at radius 2 is 0.452 bits per heavy atom. The van der Waals surface area contributed by atoms with Crippen LogP contribution in [-0.2, 0) is 0 Å². The summed E-state index contributed by atoms with van der Waals surface area (Å²) in [6.45, 7) is 0. The molecule has 0 nitrogen and oxygen atoms in total. The largest absolute Gasteiger partial charge is 0.0616 e. The van der Waals surface area contributed by atoms with E-state index >= 15 is 0 Å². The lowest BCUT2D eigenvalue weighted by Crippen LogP contribution is -1.87. The van der Waals surface area contributed by atoms with Gasteiger partial charge in [0, 0.05) is 0 Å². The number of rotatable bonds is 4. The Morgan fingerprint density at radius 3 is 0.833 bits per heavy atom. The average molecular weight is 533 g/mol. The maximum atomic E-state index is 2.26. The van der Waals surface area contributed by atoms with Gasteiger partial charge in [0.25, 0.3) is 0 Å². The van der Waals surface area contributed by atoms with Crippen molar-refractivity contribution in [1.82, 2.24) is 0 Å². The molecule has 0 unspecified atom stereocenters. The van der Waals surface area contributed by atoms with Crippen LogP contribution in [0.3, 0.4) is 0 Å². The van der Waals surface area contributed by atoms with E-state index in [0.717, 1.165) is 0 Å². The molecule has 0 N–H and O–H groups in total. The first-order valence-electron chi connectivity index (χ1n) is 14.5. The summed E-state index contributed by atoms with van der Waals surface area (Å²) in [7, 11) is 0. The molecule has 8 rings (SSSR count). The first kappa shape index (κ1) is 24.3. The van der Waals surface area contributed by atoms with Gasteiger partial charge in [-0.05, 0) is 76.8 Å². The van der Waals surface area contributed by atoms with Gasteiger partial charge in [-0.2, -0.15) is 0 Å². The molecule has 0 radical (unpaired) electrons. The molecule has 8 aromatic rings. The van der Waals surface area contributed by atoms with Crippen LogP contribution >= 0.6 is 0 Å². The first-order valence-corrected chi connectivity index (χ1v) is 14.5. The van der Waals surface area contributed by atoms with Crippen LogP contribution in [0.15, 0.2) is 170 Å². The lowest BCUT2D eigenvalue weighted by Gasteiger charge is -2.13. The molecule has 0 aromatic heterocycles. The summed E-state index contributed by atoms with van der Waals surface area (Å²) in [5.41, 5.74) is 9.99. The number of hydrogen-bond acceptors (Lipinski definition) is 0. The second kappa shape index (κ2) is 10.2. The smallest absolute Gasteiger partial charge is 0.00992 e. The molecule has 8 aromatic carbocycles. The maximum Gasteiger partial charge on any atom is -0.00992 e. The number of hydrogen-bond donors (Lipinski definition) is 0. The zero-order valence-corrected chi connectivity index (χ0v) is 23.2. The van der Waals surface area contributed by atoms with Crippen LogP contribution in [0.1, 0.15) is 0 Å². The van der Waals surface area contributed by atoms with Gasteiger partial charge in [0.05, 0.1) is 0 Å². The molecule has 0 aliphatic rings. The average Bonchev–Trinajstić information content (AvgIpc) is 3.07. The van der Waals surface area contributed by atoms with E-state index in [2.05, 4.69) is 170 Å². The fraction of sp³-hybridized carbons (Fsp3) is 0. The summed E-state index contributed by atoms with van der Waals surface area (Å²) in [6, 6.07) is 61.7. The highest BCUT2D eigenvalue weighted by atomic mass is 14.1. The monoisotopic (exact) mass is 532 g/mol. The Hall–Kier alpha value is -5.46. The van der Waals surface area contributed by atoms with Crippen molar-refractivity contribution in [3.8, 4) is 44.5 Å². The van der Waals surface area contributed by atoms with Gasteiger partial charge in [-0.15, -0.1) is 0 Å². The van der Waals surface area contributed by atoms with Gasteiger partial charge >= 0.3 is 0 Å².